The Balaban J connectivity index is 1.30. The zero-order valence-corrected chi connectivity index (χ0v) is 67.7. The first-order valence-corrected chi connectivity index (χ1v) is 38.2. The smallest absolute Gasteiger partial charge is 0.201 e. The molecule has 0 unspecified atom stereocenters. The largest absolute Gasteiger partial charge is 0.254 e. The monoisotopic (exact) mass is 1360 g/mol. The van der Waals surface area contributed by atoms with Crippen LogP contribution in [0.4, 0.5) is 0 Å². The van der Waals surface area contributed by atoms with Crippen LogP contribution in [0.3, 0.4) is 0 Å². The Labute approximate surface area is 623 Å². The van der Waals surface area contributed by atoms with Crippen LogP contribution in [-0.2, 0) is 43.3 Å². The molecule has 2 heteroatoms. The maximum absolute atomic E-state index is 2.52. The van der Waals surface area contributed by atoms with Crippen molar-refractivity contribution in [1.29, 1.82) is 0 Å². The van der Waals surface area contributed by atoms with Crippen LogP contribution in [0.25, 0.3) is 11.4 Å². The summed E-state index contributed by atoms with van der Waals surface area (Å²) >= 11 is 0. The fraction of sp³-hybridized carbons (Fsp3) is 0.376. The molecule has 0 spiro atoms. The fourth-order valence-corrected chi connectivity index (χ4v) is 15.4. The van der Waals surface area contributed by atoms with E-state index in [4.69, 9.17) is 0 Å². The van der Waals surface area contributed by atoms with Gasteiger partial charge in [-0.05, 0) is 146 Å². The topological polar surface area (TPSA) is 8.81 Å². The van der Waals surface area contributed by atoms with Crippen molar-refractivity contribution in [1.82, 2.24) is 4.57 Å². The Kier molecular flexibility index (Phi) is 20.6. The highest BCUT2D eigenvalue weighted by molar-refractivity contribution is 5.65. The van der Waals surface area contributed by atoms with Gasteiger partial charge in [0, 0.05) is 45.9 Å². The molecule has 0 atom stereocenters. The minimum absolute atomic E-state index is 0.0235. The van der Waals surface area contributed by atoms with Gasteiger partial charge in [-0.2, -0.15) is 0 Å². The SMILES string of the molecule is Cc1cc(C(c2ccc(C(C)(C)C)cc2)c2ccc(C(C)(C)C)cc2)c(-n2cc[n+](-c3c(C(c4ccc(C(C)(C)C)cc4)c4ccc(C(C)(C)C)cc4)cc(C)cc3C(c3ccc(C(C)(C)C)cc3)c3ccc(C(C)(C)C)cc3)c2)c(C(c2ccc(C(C)(C)C)cc2)c2ccc(C(C)(C)C)cc2)c1. The molecule has 534 valence electrons. The summed E-state index contributed by atoms with van der Waals surface area (Å²) in [7, 11) is 0. The van der Waals surface area contributed by atoms with E-state index < -0.39 is 0 Å². The highest BCUT2D eigenvalue weighted by atomic mass is 15.1. The van der Waals surface area contributed by atoms with Crippen LogP contribution in [0, 0.1) is 13.8 Å². The summed E-state index contributed by atoms with van der Waals surface area (Å²) in [6.45, 7) is 60.4. The summed E-state index contributed by atoms with van der Waals surface area (Å²) in [4.78, 5) is 0. The third kappa shape index (κ3) is 16.7. The summed E-state index contributed by atoms with van der Waals surface area (Å²) in [5.74, 6) is -0.618. The first kappa shape index (κ1) is 75.6. The van der Waals surface area contributed by atoms with Gasteiger partial charge in [0.15, 0.2) is 0 Å². The van der Waals surface area contributed by atoms with Crippen LogP contribution in [-0.4, -0.2) is 4.57 Å². The average molecular weight is 1360 g/mol. The van der Waals surface area contributed by atoms with E-state index in [1.807, 2.05) is 0 Å². The van der Waals surface area contributed by atoms with E-state index in [-0.39, 0.29) is 67.0 Å². The third-order valence-electron chi connectivity index (χ3n) is 21.9. The van der Waals surface area contributed by atoms with E-state index in [1.54, 1.807) is 0 Å². The molecule has 103 heavy (non-hydrogen) atoms. The number of nitrogens with zero attached hydrogens (tertiary/aromatic N) is 2. The number of rotatable bonds is 14. The lowest BCUT2D eigenvalue weighted by atomic mass is 9.76. The van der Waals surface area contributed by atoms with Crippen molar-refractivity contribution in [3.05, 3.63) is 360 Å². The van der Waals surface area contributed by atoms with Gasteiger partial charge in [-0.3, -0.25) is 0 Å². The van der Waals surface area contributed by atoms with Crippen molar-refractivity contribution in [3.8, 4) is 11.4 Å². The molecule has 11 aromatic rings. The number of aromatic nitrogens is 2. The van der Waals surface area contributed by atoms with Crippen LogP contribution in [0.5, 0.6) is 0 Å². The number of imidazole rings is 1. The molecule has 0 fully saturated rings. The van der Waals surface area contributed by atoms with Gasteiger partial charge in [0.25, 0.3) is 6.33 Å². The molecule has 1 heterocycles. The normalized spacial score (nSPS) is 13.1. The second kappa shape index (κ2) is 28.1. The Hall–Kier alpha value is -8.59. The molecule has 0 amide bonds. The summed E-state index contributed by atoms with van der Waals surface area (Å²) in [5, 5.41) is 0. The van der Waals surface area contributed by atoms with E-state index in [0.717, 1.165) is 0 Å². The second-order valence-electron chi connectivity index (χ2n) is 38.5. The molecule has 0 saturated heterocycles. The highest BCUT2D eigenvalue weighted by Crippen LogP contribution is 2.48. The van der Waals surface area contributed by atoms with Crippen LogP contribution in [0.15, 0.2) is 237 Å². The number of benzene rings is 10. The van der Waals surface area contributed by atoms with Gasteiger partial charge in [-0.25, -0.2) is 9.13 Å². The van der Waals surface area contributed by atoms with Gasteiger partial charge in [0.2, 0.25) is 0 Å². The zero-order chi connectivity index (χ0) is 74.9. The molecule has 0 aliphatic rings. The molecule has 0 N–H and O–H groups in total. The lowest BCUT2D eigenvalue weighted by Gasteiger charge is -2.29. The minimum Gasteiger partial charge on any atom is -0.201 e. The van der Waals surface area contributed by atoms with Crippen LogP contribution >= 0.6 is 0 Å². The molecule has 0 saturated carbocycles. The van der Waals surface area contributed by atoms with Gasteiger partial charge < -0.3 is 0 Å². The minimum atomic E-state index is -0.154. The molecule has 10 aromatic carbocycles. The molecule has 1 aromatic heterocycles. The lowest BCUT2D eigenvalue weighted by molar-refractivity contribution is -0.595. The van der Waals surface area contributed by atoms with Crippen molar-refractivity contribution in [3.63, 3.8) is 0 Å². The van der Waals surface area contributed by atoms with Crippen LogP contribution < -0.4 is 4.57 Å². The summed E-state index contributed by atoms with van der Waals surface area (Å²) < 4.78 is 5.04. The molecule has 0 aliphatic carbocycles. The Bertz CT molecular complexity index is 3910. The van der Waals surface area contributed by atoms with Gasteiger partial charge in [-0.15, -0.1) is 0 Å². The van der Waals surface area contributed by atoms with Gasteiger partial charge in [0.1, 0.15) is 23.8 Å². The summed E-state index contributed by atoms with van der Waals surface area (Å²) in [5.41, 5.74) is 30.2. The zero-order valence-electron chi connectivity index (χ0n) is 67.7. The molecule has 0 radical (unpaired) electrons. The van der Waals surface area contributed by atoms with Gasteiger partial charge in [0.05, 0.1) is 0 Å². The Morgan fingerprint density at radius 3 is 0.573 bits per heavy atom. The summed E-state index contributed by atoms with van der Waals surface area (Å²) in [6.07, 6.45) is 7.21. The van der Waals surface area contributed by atoms with E-state index in [1.165, 1.54) is 134 Å². The second-order valence-corrected chi connectivity index (χ2v) is 38.5. The third-order valence-corrected chi connectivity index (χ3v) is 21.9. The average Bonchev–Trinajstić information content (AvgIpc) is 1.71. The number of aryl methyl sites for hydroxylation is 2. The van der Waals surface area contributed by atoms with E-state index in [9.17, 15) is 0 Å². The molecule has 0 aliphatic heterocycles. The van der Waals surface area contributed by atoms with Crippen LogP contribution in [0.1, 0.15) is 312 Å². The summed E-state index contributed by atoms with van der Waals surface area (Å²) in [6, 6.07) is 87.0. The van der Waals surface area contributed by atoms with E-state index >= 15 is 0 Å². The highest BCUT2D eigenvalue weighted by Gasteiger charge is 2.36. The first-order valence-electron chi connectivity index (χ1n) is 38.2. The maximum Gasteiger partial charge on any atom is 0.254 e. The number of hydrogen-bond acceptors (Lipinski definition) is 0. The van der Waals surface area contributed by atoms with Gasteiger partial charge in [-0.1, -0.05) is 396 Å². The van der Waals surface area contributed by atoms with Crippen LogP contribution in [0.2, 0.25) is 0 Å². The van der Waals surface area contributed by atoms with E-state index in [2.05, 4.69) is 426 Å². The Morgan fingerprint density at radius 2 is 0.398 bits per heavy atom. The van der Waals surface area contributed by atoms with Crippen molar-refractivity contribution < 1.29 is 4.57 Å². The van der Waals surface area contributed by atoms with Crippen molar-refractivity contribution >= 4 is 0 Å². The predicted molar refractivity (Wildman–Crippen MR) is 442 cm³/mol. The van der Waals surface area contributed by atoms with Crippen molar-refractivity contribution in [2.75, 3.05) is 0 Å². The molecular weight excluding hydrogens is 1240 g/mol. The molecule has 11 rings (SSSR count). The Morgan fingerprint density at radius 1 is 0.233 bits per heavy atom. The first-order chi connectivity index (χ1) is 47.9. The van der Waals surface area contributed by atoms with Crippen molar-refractivity contribution in [2.24, 2.45) is 0 Å². The molecular formula is C101H121N2+. The lowest BCUT2D eigenvalue weighted by Crippen LogP contribution is -2.33. The van der Waals surface area contributed by atoms with Gasteiger partial charge >= 0.3 is 0 Å². The fourth-order valence-electron chi connectivity index (χ4n) is 15.4. The maximum atomic E-state index is 2.52. The predicted octanol–water partition coefficient (Wildman–Crippen LogP) is 26.5. The molecule has 0 bridgehead atoms. The molecule has 2 nitrogen and oxygen atoms in total. The number of hydrogen-bond donors (Lipinski definition) is 0. The van der Waals surface area contributed by atoms with Crippen molar-refractivity contribution in [2.45, 2.75) is 247 Å². The van der Waals surface area contributed by atoms with E-state index in [0.29, 0.717) is 0 Å². The quantitative estimate of drug-likeness (QED) is 0.0758. The standard InChI is InChI=1S/C101H121N2/c1-66-61-84(88(68-27-43-76(44-28-68)94(3,4)5)69-29-45-77(46-30-69)95(6,7)8)92(85(62-66)89(70-31-47-78(48-32-70)96(9,10)11)71-33-49-79(50-34-71)97(12,13)14)102-59-60-103(65-102)93-86(90(72-35-51-80(52-36-72)98(15,16)17)73-37-53-81(54-38-73)99(18,19)20)63-67(2)64-87(93)91(74-39-55-82(56-40-74)100(21,22)23)75-41-57-83(58-42-75)101(24,25)26/h27-65,88-91H,1-26H3/q+1.